The highest BCUT2D eigenvalue weighted by Crippen LogP contribution is 2.40. The predicted octanol–water partition coefficient (Wildman–Crippen LogP) is 3.78. The van der Waals surface area contributed by atoms with Crippen molar-refractivity contribution in [2.24, 2.45) is 0 Å². The molecule has 0 N–H and O–H groups in total. The van der Waals surface area contributed by atoms with Gasteiger partial charge in [0.05, 0.1) is 6.54 Å². The number of amides is 1. The number of benzene rings is 2. The molecule has 2 aromatic carbocycles. The average molecular weight is 332 g/mol. The van der Waals surface area contributed by atoms with Crippen molar-refractivity contribution in [1.82, 2.24) is 10.1 Å². The topological polar surface area (TPSA) is 46.3 Å². The minimum absolute atomic E-state index is 0.172. The van der Waals surface area contributed by atoms with Crippen LogP contribution < -0.4 is 0 Å². The van der Waals surface area contributed by atoms with E-state index >= 15 is 0 Å². The summed E-state index contributed by atoms with van der Waals surface area (Å²) in [4.78, 5) is 14.4. The predicted molar refractivity (Wildman–Crippen MR) is 94.8 cm³/mol. The van der Waals surface area contributed by atoms with Crippen molar-refractivity contribution < 1.29 is 9.32 Å². The van der Waals surface area contributed by atoms with Crippen LogP contribution in [0.15, 0.2) is 77.5 Å². The van der Waals surface area contributed by atoms with E-state index in [-0.39, 0.29) is 11.3 Å². The highest BCUT2D eigenvalue weighted by molar-refractivity contribution is 5.78. The molecule has 0 saturated carbocycles. The van der Waals surface area contributed by atoms with Crippen molar-refractivity contribution in [2.45, 2.75) is 24.8 Å². The van der Waals surface area contributed by atoms with Gasteiger partial charge >= 0.3 is 0 Å². The molecule has 1 saturated heterocycles. The summed E-state index contributed by atoms with van der Waals surface area (Å²) < 4.78 is 4.92. The highest BCUT2D eigenvalue weighted by atomic mass is 16.5. The summed E-state index contributed by atoms with van der Waals surface area (Å²) in [7, 11) is 0. The standard InChI is InChI=1S/C21H20N2O2/c24-20-11-13-21(17-7-3-1-4-8-17,18-9-5-2-6-10-18)16-23(20)15-19-12-14-25-22-19/h1-10,12,14H,11,13,15-16H2. The van der Waals surface area contributed by atoms with Gasteiger partial charge in [-0.1, -0.05) is 65.8 Å². The molecule has 1 aliphatic heterocycles. The third kappa shape index (κ3) is 2.95. The fourth-order valence-electron chi connectivity index (χ4n) is 3.78. The van der Waals surface area contributed by atoms with E-state index in [0.717, 1.165) is 12.1 Å². The van der Waals surface area contributed by atoms with Crippen LogP contribution in [-0.4, -0.2) is 22.5 Å². The monoisotopic (exact) mass is 332 g/mol. The fourth-order valence-corrected chi connectivity index (χ4v) is 3.78. The molecule has 25 heavy (non-hydrogen) atoms. The van der Waals surface area contributed by atoms with Gasteiger partial charge in [0, 0.05) is 24.4 Å². The van der Waals surface area contributed by atoms with Gasteiger partial charge in [-0.25, -0.2) is 0 Å². The minimum atomic E-state index is -0.194. The van der Waals surface area contributed by atoms with Crippen LogP contribution in [0.3, 0.4) is 0 Å². The number of nitrogens with zero attached hydrogens (tertiary/aromatic N) is 2. The largest absolute Gasteiger partial charge is 0.364 e. The first kappa shape index (κ1) is 15.6. The van der Waals surface area contributed by atoms with Gasteiger partial charge in [0.25, 0.3) is 0 Å². The van der Waals surface area contributed by atoms with E-state index < -0.39 is 0 Å². The summed E-state index contributed by atoms with van der Waals surface area (Å²) in [5.74, 6) is 0.172. The number of carbonyl (C=O) groups is 1. The Kier molecular flexibility index (Phi) is 4.10. The SMILES string of the molecule is O=C1CCC(c2ccccc2)(c2ccccc2)CN1Cc1ccon1. The van der Waals surface area contributed by atoms with Gasteiger partial charge in [-0.15, -0.1) is 0 Å². The lowest BCUT2D eigenvalue weighted by molar-refractivity contribution is -0.135. The Morgan fingerprint density at radius 3 is 2.16 bits per heavy atom. The molecule has 0 radical (unpaired) electrons. The number of piperidine rings is 1. The molecule has 1 aliphatic rings. The van der Waals surface area contributed by atoms with E-state index in [0.29, 0.717) is 19.5 Å². The van der Waals surface area contributed by atoms with E-state index in [1.54, 1.807) is 6.26 Å². The van der Waals surface area contributed by atoms with Gasteiger partial charge in [-0.05, 0) is 17.5 Å². The van der Waals surface area contributed by atoms with Gasteiger partial charge in [-0.2, -0.15) is 0 Å². The molecule has 0 aliphatic carbocycles. The van der Waals surface area contributed by atoms with E-state index in [1.165, 1.54) is 11.1 Å². The number of aromatic nitrogens is 1. The van der Waals surface area contributed by atoms with Gasteiger partial charge in [0.1, 0.15) is 12.0 Å². The van der Waals surface area contributed by atoms with Crippen LogP contribution in [0, 0.1) is 0 Å². The summed E-state index contributed by atoms with van der Waals surface area (Å²) in [6.07, 6.45) is 2.89. The van der Waals surface area contributed by atoms with E-state index in [4.69, 9.17) is 4.52 Å². The molecule has 1 amide bonds. The fraction of sp³-hybridized carbons (Fsp3) is 0.238. The molecule has 1 fully saturated rings. The van der Waals surface area contributed by atoms with Crippen molar-refractivity contribution >= 4 is 5.91 Å². The molecule has 4 nitrogen and oxygen atoms in total. The first-order chi connectivity index (χ1) is 12.3. The minimum Gasteiger partial charge on any atom is -0.364 e. The second-order valence-electron chi connectivity index (χ2n) is 6.55. The Morgan fingerprint density at radius 2 is 1.60 bits per heavy atom. The number of likely N-dealkylation sites (tertiary alicyclic amines) is 1. The summed E-state index contributed by atoms with van der Waals surface area (Å²) >= 11 is 0. The van der Waals surface area contributed by atoms with E-state index in [1.807, 2.05) is 23.1 Å². The van der Waals surface area contributed by atoms with Crippen LogP contribution in [0.5, 0.6) is 0 Å². The lowest BCUT2D eigenvalue weighted by Gasteiger charge is -2.43. The lowest BCUT2D eigenvalue weighted by Crippen LogP contribution is -2.49. The van der Waals surface area contributed by atoms with Crippen LogP contribution in [0.25, 0.3) is 0 Å². The molecule has 0 bridgehead atoms. The molecule has 0 unspecified atom stereocenters. The summed E-state index contributed by atoms with van der Waals surface area (Å²) in [5, 5.41) is 3.97. The smallest absolute Gasteiger partial charge is 0.223 e. The first-order valence-electron chi connectivity index (χ1n) is 8.56. The molecule has 0 spiro atoms. The molecule has 1 aromatic heterocycles. The van der Waals surface area contributed by atoms with Crippen molar-refractivity contribution in [3.63, 3.8) is 0 Å². The van der Waals surface area contributed by atoms with Crippen molar-refractivity contribution in [2.75, 3.05) is 6.54 Å². The van der Waals surface area contributed by atoms with Crippen molar-refractivity contribution in [3.8, 4) is 0 Å². The van der Waals surface area contributed by atoms with Crippen LogP contribution in [-0.2, 0) is 16.8 Å². The van der Waals surface area contributed by atoms with Crippen LogP contribution in [0.1, 0.15) is 29.7 Å². The van der Waals surface area contributed by atoms with Gasteiger partial charge in [0.15, 0.2) is 0 Å². The normalized spacial score (nSPS) is 16.8. The molecule has 3 aromatic rings. The molecular weight excluding hydrogens is 312 g/mol. The summed E-state index contributed by atoms with van der Waals surface area (Å²) in [5.41, 5.74) is 3.09. The molecule has 4 rings (SSSR count). The number of carbonyl (C=O) groups excluding carboxylic acids is 1. The molecule has 4 heteroatoms. The Morgan fingerprint density at radius 1 is 0.960 bits per heavy atom. The third-order valence-electron chi connectivity index (χ3n) is 5.08. The van der Waals surface area contributed by atoms with Crippen LogP contribution in [0.4, 0.5) is 0 Å². The van der Waals surface area contributed by atoms with Gasteiger partial charge in [-0.3, -0.25) is 4.79 Å². The third-order valence-corrected chi connectivity index (χ3v) is 5.08. The Labute approximate surface area is 147 Å². The zero-order valence-electron chi connectivity index (χ0n) is 14.0. The number of hydrogen-bond acceptors (Lipinski definition) is 3. The summed E-state index contributed by atoms with van der Waals surface area (Å²) in [6.45, 7) is 1.13. The molecular formula is C21H20N2O2. The Bertz CT molecular complexity index is 789. The van der Waals surface area contributed by atoms with E-state index in [9.17, 15) is 4.79 Å². The number of hydrogen-bond donors (Lipinski definition) is 0. The zero-order chi connectivity index (χ0) is 17.1. The lowest BCUT2D eigenvalue weighted by atomic mass is 9.69. The average Bonchev–Trinajstić information content (AvgIpc) is 3.18. The van der Waals surface area contributed by atoms with Crippen LogP contribution in [0.2, 0.25) is 0 Å². The quantitative estimate of drug-likeness (QED) is 0.730. The second-order valence-corrected chi connectivity index (χ2v) is 6.55. The molecule has 2 heterocycles. The maximum Gasteiger partial charge on any atom is 0.223 e. The summed E-state index contributed by atoms with van der Waals surface area (Å²) in [6, 6.07) is 22.8. The van der Waals surface area contributed by atoms with Crippen LogP contribution >= 0.6 is 0 Å². The molecule has 0 atom stereocenters. The molecule has 126 valence electrons. The van der Waals surface area contributed by atoms with Crippen molar-refractivity contribution in [3.05, 3.63) is 89.8 Å². The maximum atomic E-state index is 12.5. The van der Waals surface area contributed by atoms with Crippen molar-refractivity contribution in [1.29, 1.82) is 0 Å². The van der Waals surface area contributed by atoms with E-state index in [2.05, 4.69) is 53.7 Å². The Hall–Kier alpha value is -2.88. The zero-order valence-corrected chi connectivity index (χ0v) is 14.0. The second kappa shape index (κ2) is 6.55. The van der Waals surface area contributed by atoms with Gasteiger partial charge < -0.3 is 9.42 Å². The first-order valence-corrected chi connectivity index (χ1v) is 8.56. The Balaban J connectivity index is 1.74. The maximum absolute atomic E-state index is 12.5. The van der Waals surface area contributed by atoms with Gasteiger partial charge in [0.2, 0.25) is 5.91 Å². The number of rotatable bonds is 4. The highest BCUT2D eigenvalue weighted by Gasteiger charge is 2.41.